The number of carboxylic acids is 1. The van der Waals surface area contributed by atoms with E-state index >= 15 is 0 Å². The third-order valence-corrected chi connectivity index (χ3v) is 4.59. The van der Waals surface area contributed by atoms with Crippen molar-refractivity contribution in [3.63, 3.8) is 0 Å². The summed E-state index contributed by atoms with van der Waals surface area (Å²) in [4.78, 5) is 12.9. The second kappa shape index (κ2) is 5.21. The zero-order valence-electron chi connectivity index (χ0n) is 10.7. The third-order valence-electron chi connectivity index (χ3n) is 4.59. The number of rotatable bonds is 4. The van der Waals surface area contributed by atoms with E-state index in [1.54, 1.807) is 5.57 Å². The molecule has 1 aliphatic carbocycles. The SMILES string of the molecule is CC1=CCCC12CCN(CCCC(=O)O)CC2. The highest BCUT2D eigenvalue weighted by molar-refractivity contribution is 5.66. The highest BCUT2D eigenvalue weighted by Crippen LogP contribution is 2.46. The van der Waals surface area contributed by atoms with Crippen molar-refractivity contribution < 1.29 is 9.90 Å². The summed E-state index contributed by atoms with van der Waals surface area (Å²) in [6.45, 7) is 5.52. The van der Waals surface area contributed by atoms with Gasteiger partial charge >= 0.3 is 5.97 Å². The summed E-state index contributed by atoms with van der Waals surface area (Å²) < 4.78 is 0. The lowest BCUT2D eigenvalue weighted by Gasteiger charge is -2.40. The predicted molar refractivity (Wildman–Crippen MR) is 68.0 cm³/mol. The first-order valence-electron chi connectivity index (χ1n) is 6.74. The molecule has 0 bridgehead atoms. The molecule has 0 unspecified atom stereocenters. The van der Waals surface area contributed by atoms with E-state index in [2.05, 4.69) is 17.9 Å². The average molecular weight is 237 g/mol. The van der Waals surface area contributed by atoms with Crippen LogP contribution in [0.4, 0.5) is 0 Å². The summed E-state index contributed by atoms with van der Waals surface area (Å²) >= 11 is 0. The molecule has 1 spiro atoms. The van der Waals surface area contributed by atoms with Crippen molar-refractivity contribution in [1.82, 2.24) is 4.90 Å². The summed E-state index contributed by atoms with van der Waals surface area (Å²) in [5.74, 6) is -0.673. The van der Waals surface area contributed by atoms with Crippen LogP contribution < -0.4 is 0 Å². The van der Waals surface area contributed by atoms with Crippen LogP contribution in [0.25, 0.3) is 0 Å². The van der Waals surface area contributed by atoms with Gasteiger partial charge in [0.1, 0.15) is 0 Å². The molecule has 3 nitrogen and oxygen atoms in total. The van der Waals surface area contributed by atoms with Gasteiger partial charge in [-0.3, -0.25) is 4.79 Å². The first kappa shape index (κ1) is 12.6. The van der Waals surface area contributed by atoms with Crippen LogP contribution in [0.5, 0.6) is 0 Å². The van der Waals surface area contributed by atoms with Crippen molar-refractivity contribution in [3.8, 4) is 0 Å². The molecule has 2 aliphatic rings. The van der Waals surface area contributed by atoms with E-state index in [-0.39, 0.29) is 0 Å². The first-order valence-corrected chi connectivity index (χ1v) is 6.74. The first-order chi connectivity index (χ1) is 8.12. The minimum absolute atomic E-state index is 0.306. The third kappa shape index (κ3) is 2.89. The van der Waals surface area contributed by atoms with Crippen molar-refractivity contribution in [3.05, 3.63) is 11.6 Å². The minimum Gasteiger partial charge on any atom is -0.481 e. The number of likely N-dealkylation sites (tertiary alicyclic amines) is 1. The van der Waals surface area contributed by atoms with Crippen LogP contribution in [0.15, 0.2) is 11.6 Å². The van der Waals surface area contributed by atoms with Crippen molar-refractivity contribution in [1.29, 1.82) is 0 Å². The van der Waals surface area contributed by atoms with Crippen molar-refractivity contribution in [2.45, 2.75) is 45.4 Å². The number of nitrogens with zero attached hydrogens (tertiary/aromatic N) is 1. The zero-order chi connectivity index (χ0) is 12.3. The quantitative estimate of drug-likeness (QED) is 0.764. The van der Waals surface area contributed by atoms with Gasteiger partial charge in [-0.25, -0.2) is 0 Å². The molecule has 3 heteroatoms. The summed E-state index contributed by atoms with van der Waals surface area (Å²) in [6, 6.07) is 0. The summed E-state index contributed by atoms with van der Waals surface area (Å²) in [6.07, 6.45) is 8.62. The Bertz CT molecular complexity index is 314. The van der Waals surface area contributed by atoms with E-state index in [9.17, 15) is 4.79 Å². The summed E-state index contributed by atoms with van der Waals surface area (Å²) in [5, 5.41) is 8.62. The van der Waals surface area contributed by atoms with Crippen LogP contribution >= 0.6 is 0 Å². The number of allylic oxidation sites excluding steroid dienone is 2. The maximum atomic E-state index is 10.5. The van der Waals surface area contributed by atoms with Gasteiger partial charge in [-0.15, -0.1) is 0 Å². The molecule has 2 rings (SSSR count). The Balaban J connectivity index is 1.75. The Morgan fingerprint density at radius 3 is 2.65 bits per heavy atom. The molecule has 0 atom stereocenters. The topological polar surface area (TPSA) is 40.5 Å². The highest BCUT2D eigenvalue weighted by Gasteiger charge is 2.37. The van der Waals surface area contributed by atoms with Gasteiger partial charge in [-0.1, -0.05) is 11.6 Å². The maximum absolute atomic E-state index is 10.5. The van der Waals surface area contributed by atoms with E-state index in [0.29, 0.717) is 11.8 Å². The summed E-state index contributed by atoms with van der Waals surface area (Å²) in [5.41, 5.74) is 2.10. The Labute approximate surface area is 103 Å². The number of aliphatic carboxylic acids is 1. The van der Waals surface area contributed by atoms with Gasteiger partial charge in [0.2, 0.25) is 0 Å². The fraction of sp³-hybridized carbons (Fsp3) is 0.786. The molecule has 0 radical (unpaired) electrons. The standard InChI is InChI=1S/C14H23NO2/c1-12-4-2-6-14(12)7-10-15(11-8-14)9-3-5-13(16)17/h4H,2-3,5-11H2,1H3,(H,16,17). The van der Waals surface area contributed by atoms with Gasteiger partial charge in [-0.2, -0.15) is 0 Å². The molecule has 17 heavy (non-hydrogen) atoms. The Morgan fingerprint density at radius 1 is 1.41 bits per heavy atom. The molecular weight excluding hydrogens is 214 g/mol. The fourth-order valence-electron chi connectivity index (χ4n) is 3.28. The van der Waals surface area contributed by atoms with Crippen LogP contribution in [0, 0.1) is 5.41 Å². The average Bonchev–Trinajstić information content (AvgIpc) is 2.63. The fourth-order valence-corrected chi connectivity index (χ4v) is 3.28. The van der Waals surface area contributed by atoms with E-state index in [4.69, 9.17) is 5.11 Å². The van der Waals surface area contributed by atoms with Gasteiger partial charge in [0.25, 0.3) is 0 Å². The van der Waals surface area contributed by atoms with Gasteiger partial charge in [0.05, 0.1) is 0 Å². The van der Waals surface area contributed by atoms with E-state index < -0.39 is 5.97 Å². The van der Waals surface area contributed by atoms with Crippen molar-refractivity contribution in [2.75, 3.05) is 19.6 Å². The maximum Gasteiger partial charge on any atom is 0.303 e. The van der Waals surface area contributed by atoms with Crippen LogP contribution in [0.1, 0.15) is 45.4 Å². The minimum atomic E-state index is -0.673. The molecule has 1 aliphatic heterocycles. The molecule has 96 valence electrons. The van der Waals surface area contributed by atoms with Crippen LogP contribution in [-0.4, -0.2) is 35.6 Å². The molecular formula is C14H23NO2. The second-order valence-corrected chi connectivity index (χ2v) is 5.55. The van der Waals surface area contributed by atoms with Crippen molar-refractivity contribution in [2.24, 2.45) is 5.41 Å². The molecule has 0 aromatic rings. The largest absolute Gasteiger partial charge is 0.481 e. The lowest BCUT2D eigenvalue weighted by molar-refractivity contribution is -0.137. The van der Waals surface area contributed by atoms with Crippen LogP contribution in [0.3, 0.4) is 0 Å². The number of carbonyl (C=O) groups is 1. The van der Waals surface area contributed by atoms with Gasteiger partial charge in [0.15, 0.2) is 0 Å². The molecule has 1 saturated heterocycles. The normalized spacial score (nSPS) is 23.9. The second-order valence-electron chi connectivity index (χ2n) is 5.55. The molecule has 0 aromatic carbocycles. The lowest BCUT2D eigenvalue weighted by Crippen LogP contribution is -2.40. The number of piperidine rings is 1. The number of hydrogen-bond donors (Lipinski definition) is 1. The van der Waals surface area contributed by atoms with Gasteiger partial charge in [0, 0.05) is 6.42 Å². The van der Waals surface area contributed by atoms with Gasteiger partial charge in [-0.05, 0) is 64.1 Å². The van der Waals surface area contributed by atoms with Crippen LogP contribution in [0.2, 0.25) is 0 Å². The van der Waals surface area contributed by atoms with Crippen molar-refractivity contribution >= 4 is 5.97 Å². The van der Waals surface area contributed by atoms with E-state index in [1.807, 2.05) is 0 Å². The molecule has 0 saturated carbocycles. The molecule has 0 amide bonds. The number of hydrogen-bond acceptors (Lipinski definition) is 2. The zero-order valence-corrected chi connectivity index (χ0v) is 10.7. The molecule has 1 heterocycles. The van der Waals surface area contributed by atoms with E-state index in [1.165, 1.54) is 25.7 Å². The predicted octanol–water partition coefficient (Wildman–Crippen LogP) is 2.67. The van der Waals surface area contributed by atoms with Gasteiger partial charge < -0.3 is 10.0 Å². The van der Waals surface area contributed by atoms with Crippen LogP contribution in [-0.2, 0) is 4.79 Å². The smallest absolute Gasteiger partial charge is 0.303 e. The Hall–Kier alpha value is -0.830. The lowest BCUT2D eigenvalue weighted by atomic mass is 9.73. The highest BCUT2D eigenvalue weighted by atomic mass is 16.4. The Kier molecular flexibility index (Phi) is 3.87. The summed E-state index contributed by atoms with van der Waals surface area (Å²) in [7, 11) is 0. The number of carboxylic acid groups (broad SMARTS) is 1. The molecule has 1 fully saturated rings. The molecule has 1 N–H and O–H groups in total. The Morgan fingerprint density at radius 2 is 2.12 bits per heavy atom. The van der Waals surface area contributed by atoms with E-state index in [0.717, 1.165) is 26.1 Å². The monoisotopic (exact) mass is 237 g/mol. The molecule has 0 aromatic heterocycles.